The van der Waals surface area contributed by atoms with E-state index in [0.717, 1.165) is 16.7 Å². The Morgan fingerprint density at radius 2 is 1.90 bits per heavy atom. The van der Waals surface area contributed by atoms with Gasteiger partial charge in [0.1, 0.15) is 17.1 Å². The van der Waals surface area contributed by atoms with Crippen LogP contribution in [0.25, 0.3) is 21.3 Å². The van der Waals surface area contributed by atoms with Crippen LogP contribution in [0.3, 0.4) is 0 Å². The van der Waals surface area contributed by atoms with Crippen molar-refractivity contribution >= 4 is 27.5 Å². The first-order valence-corrected chi connectivity index (χ1v) is 9.96. The molecule has 1 N–H and O–H groups in total. The molecule has 0 bridgehead atoms. The molecule has 0 aliphatic heterocycles. The van der Waals surface area contributed by atoms with E-state index in [1.54, 1.807) is 7.11 Å². The summed E-state index contributed by atoms with van der Waals surface area (Å²) in [6, 6.07) is 17.2. The average Bonchev–Trinajstić information content (AvgIpc) is 3.20. The number of aromatic nitrogens is 2. The summed E-state index contributed by atoms with van der Waals surface area (Å²) < 4.78 is 6.64. The molecule has 0 atom stereocenters. The number of carbonyl (C=O) groups is 1. The second-order valence-electron chi connectivity index (χ2n) is 6.46. The number of nitrogens with zero attached hydrogens (tertiary/aromatic N) is 2. The van der Waals surface area contributed by atoms with Crippen LogP contribution in [0.1, 0.15) is 5.56 Å². The summed E-state index contributed by atoms with van der Waals surface area (Å²) in [5.41, 5.74) is 2.44. The van der Waals surface area contributed by atoms with E-state index in [1.165, 1.54) is 22.2 Å². The number of fused-ring (bicyclic) bond motifs is 1. The zero-order valence-electron chi connectivity index (χ0n) is 15.8. The smallest absolute Gasteiger partial charge is 0.263 e. The van der Waals surface area contributed by atoms with Crippen molar-refractivity contribution in [3.05, 3.63) is 82.2 Å². The molecule has 29 heavy (non-hydrogen) atoms. The van der Waals surface area contributed by atoms with Crippen LogP contribution >= 0.6 is 11.3 Å². The third-order valence-corrected chi connectivity index (χ3v) is 5.51. The molecule has 4 aromatic rings. The first-order chi connectivity index (χ1) is 14.2. The van der Waals surface area contributed by atoms with Crippen LogP contribution in [-0.2, 0) is 17.9 Å². The highest BCUT2D eigenvalue weighted by Gasteiger charge is 2.14. The lowest BCUT2D eigenvalue weighted by Gasteiger charge is -2.10. The summed E-state index contributed by atoms with van der Waals surface area (Å²) in [7, 11) is 1.59. The number of ether oxygens (including phenoxy) is 1. The molecule has 4 rings (SSSR count). The Bertz CT molecular complexity index is 1210. The maximum Gasteiger partial charge on any atom is 0.263 e. The fraction of sp³-hybridized carbons (Fsp3) is 0.136. The Kier molecular flexibility index (Phi) is 5.39. The molecule has 2 aromatic heterocycles. The second kappa shape index (κ2) is 8.28. The van der Waals surface area contributed by atoms with Gasteiger partial charge >= 0.3 is 0 Å². The molecule has 0 radical (unpaired) electrons. The van der Waals surface area contributed by atoms with Gasteiger partial charge in [-0.2, -0.15) is 0 Å². The first-order valence-electron chi connectivity index (χ1n) is 9.08. The Morgan fingerprint density at radius 3 is 2.69 bits per heavy atom. The van der Waals surface area contributed by atoms with Gasteiger partial charge < -0.3 is 10.1 Å². The number of rotatable bonds is 6. The van der Waals surface area contributed by atoms with Gasteiger partial charge in [-0.05, 0) is 11.6 Å². The van der Waals surface area contributed by atoms with E-state index in [4.69, 9.17) is 4.74 Å². The summed E-state index contributed by atoms with van der Waals surface area (Å²) in [6.07, 6.45) is 1.43. The van der Waals surface area contributed by atoms with Crippen molar-refractivity contribution in [3.63, 3.8) is 0 Å². The van der Waals surface area contributed by atoms with Gasteiger partial charge in [-0.25, -0.2) is 4.98 Å². The van der Waals surface area contributed by atoms with Crippen LogP contribution < -0.4 is 15.6 Å². The summed E-state index contributed by atoms with van der Waals surface area (Å²) in [6.45, 7) is 0.224. The van der Waals surface area contributed by atoms with Gasteiger partial charge in [0.25, 0.3) is 5.56 Å². The minimum absolute atomic E-state index is 0.0962. The van der Waals surface area contributed by atoms with Gasteiger partial charge in [0.05, 0.1) is 18.8 Å². The van der Waals surface area contributed by atoms with Crippen LogP contribution in [-0.4, -0.2) is 22.6 Å². The van der Waals surface area contributed by atoms with E-state index in [0.29, 0.717) is 22.5 Å². The molecule has 0 saturated carbocycles. The highest BCUT2D eigenvalue weighted by molar-refractivity contribution is 7.17. The molecule has 2 heterocycles. The first kappa shape index (κ1) is 18.9. The molecule has 0 aliphatic carbocycles. The number of hydrogen-bond acceptors (Lipinski definition) is 5. The molecule has 0 spiro atoms. The van der Waals surface area contributed by atoms with E-state index in [9.17, 15) is 9.59 Å². The SMILES string of the molecule is COc1ccccc1CNC(=O)Cn1cnc2scc(-c3ccccc3)c2c1=O. The third-order valence-electron chi connectivity index (χ3n) is 4.63. The molecular weight excluding hydrogens is 386 g/mol. The molecule has 7 heteroatoms. The molecule has 1 amide bonds. The predicted octanol–water partition coefficient (Wildman–Crippen LogP) is 3.45. The average molecular weight is 405 g/mol. The van der Waals surface area contributed by atoms with Crippen molar-refractivity contribution < 1.29 is 9.53 Å². The van der Waals surface area contributed by atoms with Crippen molar-refractivity contribution in [1.29, 1.82) is 0 Å². The Morgan fingerprint density at radius 1 is 1.14 bits per heavy atom. The quantitative estimate of drug-likeness (QED) is 0.533. The lowest BCUT2D eigenvalue weighted by Crippen LogP contribution is -2.32. The van der Waals surface area contributed by atoms with E-state index < -0.39 is 0 Å². The monoisotopic (exact) mass is 405 g/mol. The minimum atomic E-state index is -0.268. The lowest BCUT2D eigenvalue weighted by molar-refractivity contribution is -0.121. The fourth-order valence-electron chi connectivity index (χ4n) is 3.16. The van der Waals surface area contributed by atoms with Crippen LogP contribution in [0.4, 0.5) is 0 Å². The van der Waals surface area contributed by atoms with E-state index >= 15 is 0 Å². The van der Waals surface area contributed by atoms with Gasteiger partial charge in [0.15, 0.2) is 0 Å². The highest BCUT2D eigenvalue weighted by Crippen LogP contribution is 2.30. The van der Waals surface area contributed by atoms with E-state index in [-0.39, 0.29) is 18.0 Å². The summed E-state index contributed by atoms with van der Waals surface area (Å²) in [5.74, 6) is 0.439. The van der Waals surface area contributed by atoms with Crippen molar-refractivity contribution in [1.82, 2.24) is 14.9 Å². The number of amides is 1. The molecule has 146 valence electrons. The molecular formula is C22H19N3O3S. The summed E-state index contributed by atoms with van der Waals surface area (Å²) in [5, 5.41) is 5.31. The fourth-order valence-corrected chi connectivity index (χ4v) is 4.07. The maximum atomic E-state index is 13.0. The highest BCUT2D eigenvalue weighted by atomic mass is 32.1. The van der Waals surface area contributed by atoms with Gasteiger partial charge in [-0.3, -0.25) is 14.2 Å². The second-order valence-corrected chi connectivity index (χ2v) is 7.32. The molecule has 2 aromatic carbocycles. The van der Waals surface area contributed by atoms with Crippen molar-refractivity contribution in [2.75, 3.05) is 7.11 Å². The molecule has 0 saturated heterocycles. The zero-order chi connectivity index (χ0) is 20.2. The molecule has 0 fully saturated rings. The summed E-state index contributed by atoms with van der Waals surface area (Å²) in [4.78, 5) is 30.5. The van der Waals surface area contributed by atoms with Crippen LogP contribution in [0.15, 0.2) is 71.1 Å². The Labute approximate surface area is 171 Å². The summed E-state index contributed by atoms with van der Waals surface area (Å²) >= 11 is 1.42. The predicted molar refractivity (Wildman–Crippen MR) is 114 cm³/mol. The van der Waals surface area contributed by atoms with Gasteiger partial charge in [-0.15, -0.1) is 11.3 Å². The third kappa shape index (κ3) is 3.90. The number of thiophene rings is 1. The maximum absolute atomic E-state index is 13.0. The standard InChI is InChI=1S/C22H19N3O3S/c1-28-18-10-6-5-9-16(18)11-23-19(26)12-25-14-24-21-20(22(25)27)17(13-29-21)15-7-3-2-4-8-15/h2-10,13-14H,11-12H2,1H3,(H,23,26). The number of para-hydroxylation sites is 1. The number of carbonyl (C=O) groups excluding carboxylic acids is 1. The van der Waals surface area contributed by atoms with E-state index in [2.05, 4.69) is 10.3 Å². The molecule has 0 aliphatic rings. The van der Waals surface area contributed by atoms with Crippen molar-refractivity contribution in [3.8, 4) is 16.9 Å². The number of methoxy groups -OCH3 is 1. The Hall–Kier alpha value is -3.45. The van der Waals surface area contributed by atoms with Crippen molar-refractivity contribution in [2.45, 2.75) is 13.1 Å². The van der Waals surface area contributed by atoms with Crippen LogP contribution in [0.2, 0.25) is 0 Å². The van der Waals surface area contributed by atoms with Crippen LogP contribution in [0, 0.1) is 0 Å². The largest absolute Gasteiger partial charge is 0.496 e. The van der Waals surface area contributed by atoms with Crippen molar-refractivity contribution in [2.24, 2.45) is 0 Å². The van der Waals surface area contributed by atoms with E-state index in [1.807, 2.05) is 60.0 Å². The molecule has 6 nitrogen and oxygen atoms in total. The number of hydrogen-bond donors (Lipinski definition) is 1. The van der Waals surface area contributed by atoms with Gasteiger partial charge in [0.2, 0.25) is 5.91 Å². The molecule has 0 unspecified atom stereocenters. The Balaban J connectivity index is 1.56. The number of benzene rings is 2. The minimum Gasteiger partial charge on any atom is -0.496 e. The van der Waals surface area contributed by atoms with Gasteiger partial charge in [0, 0.05) is 23.1 Å². The van der Waals surface area contributed by atoms with Gasteiger partial charge in [-0.1, -0.05) is 48.5 Å². The number of nitrogens with one attached hydrogen (secondary N) is 1. The lowest BCUT2D eigenvalue weighted by atomic mass is 10.1. The van der Waals surface area contributed by atoms with Crippen LogP contribution in [0.5, 0.6) is 5.75 Å². The zero-order valence-corrected chi connectivity index (χ0v) is 16.6. The normalized spacial score (nSPS) is 10.8. The topological polar surface area (TPSA) is 73.2 Å².